The Morgan fingerprint density at radius 3 is 2.33 bits per heavy atom. The van der Waals surface area contributed by atoms with Crippen molar-refractivity contribution in [3.8, 4) is 0 Å². The summed E-state index contributed by atoms with van der Waals surface area (Å²) in [4.78, 5) is 21.9. The summed E-state index contributed by atoms with van der Waals surface area (Å²) in [6.07, 6.45) is 0.222. The van der Waals surface area contributed by atoms with Gasteiger partial charge in [-0.15, -0.1) is 0 Å². The summed E-state index contributed by atoms with van der Waals surface area (Å²) in [5.74, 6) is -0.101. The Morgan fingerprint density at radius 2 is 2.00 bits per heavy atom. The number of rotatable bonds is 5. The first-order valence-electron chi connectivity index (χ1n) is 4.06. The highest BCUT2D eigenvalue weighted by Gasteiger charge is 2.14. The molecule has 4 nitrogen and oxygen atoms in total. The Labute approximate surface area is 72.7 Å². The highest BCUT2D eigenvalue weighted by Crippen LogP contribution is 1.92. The fraction of sp³-hybridized carbons (Fsp3) is 0.750. The standard InChI is InChI=1S/C8H16N2O2/c1-4-10-8(12)5-7(9-3)6(2)11/h7,9H,4-5H2,1-3H3,(H,10,12)/t7-/m0/s1. The number of hydrogen-bond acceptors (Lipinski definition) is 3. The molecule has 12 heavy (non-hydrogen) atoms. The average molecular weight is 172 g/mol. The second-order valence-corrected chi connectivity index (χ2v) is 2.61. The minimum atomic E-state index is -0.350. The number of Topliss-reactive ketones (excluding diaryl/α,β-unsaturated/α-hetero) is 1. The summed E-state index contributed by atoms with van der Waals surface area (Å²) in [7, 11) is 1.67. The summed E-state index contributed by atoms with van der Waals surface area (Å²) < 4.78 is 0. The molecule has 0 bridgehead atoms. The minimum absolute atomic E-state index is 0.0104. The fourth-order valence-electron chi connectivity index (χ4n) is 0.904. The smallest absolute Gasteiger partial charge is 0.222 e. The summed E-state index contributed by atoms with van der Waals surface area (Å²) in [6, 6.07) is -0.350. The van der Waals surface area contributed by atoms with Crippen LogP contribution in [0.15, 0.2) is 0 Å². The summed E-state index contributed by atoms with van der Waals surface area (Å²) in [5.41, 5.74) is 0. The van der Waals surface area contributed by atoms with E-state index in [-0.39, 0.29) is 24.2 Å². The Morgan fingerprint density at radius 1 is 1.42 bits per heavy atom. The van der Waals surface area contributed by atoms with Crippen LogP contribution in [-0.2, 0) is 9.59 Å². The van der Waals surface area contributed by atoms with E-state index in [0.29, 0.717) is 6.54 Å². The molecule has 0 aliphatic carbocycles. The van der Waals surface area contributed by atoms with Crippen molar-refractivity contribution in [1.29, 1.82) is 0 Å². The van der Waals surface area contributed by atoms with E-state index >= 15 is 0 Å². The van der Waals surface area contributed by atoms with E-state index in [1.54, 1.807) is 7.05 Å². The van der Waals surface area contributed by atoms with Gasteiger partial charge < -0.3 is 10.6 Å². The maximum Gasteiger partial charge on any atom is 0.222 e. The average Bonchev–Trinajstić information content (AvgIpc) is 2.00. The van der Waals surface area contributed by atoms with E-state index in [4.69, 9.17) is 0 Å². The highest BCUT2D eigenvalue weighted by molar-refractivity contribution is 5.88. The molecule has 0 fully saturated rings. The number of hydrogen-bond donors (Lipinski definition) is 2. The quantitative estimate of drug-likeness (QED) is 0.598. The van der Waals surface area contributed by atoms with Gasteiger partial charge in [0, 0.05) is 13.0 Å². The predicted molar refractivity (Wildman–Crippen MR) is 46.8 cm³/mol. The molecule has 0 saturated carbocycles. The molecule has 2 N–H and O–H groups in total. The monoisotopic (exact) mass is 172 g/mol. The van der Waals surface area contributed by atoms with E-state index in [1.165, 1.54) is 6.92 Å². The van der Waals surface area contributed by atoms with Crippen molar-refractivity contribution in [2.24, 2.45) is 0 Å². The zero-order valence-electron chi connectivity index (χ0n) is 7.81. The van der Waals surface area contributed by atoms with Crippen molar-refractivity contribution in [3.05, 3.63) is 0 Å². The first-order chi connectivity index (χ1) is 5.61. The number of nitrogens with one attached hydrogen (secondary N) is 2. The molecule has 0 aromatic rings. The predicted octanol–water partition coefficient (Wildman–Crippen LogP) is -0.310. The number of carbonyl (C=O) groups excluding carboxylic acids is 2. The van der Waals surface area contributed by atoms with Crippen LogP contribution in [0.2, 0.25) is 0 Å². The highest BCUT2D eigenvalue weighted by atomic mass is 16.2. The Bertz CT molecular complexity index is 168. The molecule has 0 aliphatic heterocycles. The number of ketones is 1. The van der Waals surface area contributed by atoms with Gasteiger partial charge in [0.25, 0.3) is 0 Å². The van der Waals surface area contributed by atoms with Crippen LogP contribution in [0, 0.1) is 0 Å². The zero-order chi connectivity index (χ0) is 9.56. The Balaban J connectivity index is 3.85. The molecule has 1 amide bonds. The Hall–Kier alpha value is -0.900. The van der Waals surface area contributed by atoms with Crippen molar-refractivity contribution >= 4 is 11.7 Å². The number of amides is 1. The van der Waals surface area contributed by atoms with Gasteiger partial charge in [-0.05, 0) is 20.9 Å². The van der Waals surface area contributed by atoms with Crippen LogP contribution in [0.4, 0.5) is 0 Å². The van der Waals surface area contributed by atoms with Gasteiger partial charge in [0.2, 0.25) is 5.91 Å². The molecular formula is C8H16N2O2. The molecule has 0 aromatic carbocycles. The summed E-state index contributed by atoms with van der Waals surface area (Å²) in [6.45, 7) is 3.92. The van der Waals surface area contributed by atoms with Crippen LogP contribution >= 0.6 is 0 Å². The molecule has 0 aliphatic rings. The first kappa shape index (κ1) is 11.1. The van der Waals surface area contributed by atoms with Gasteiger partial charge in [0.15, 0.2) is 0 Å². The zero-order valence-corrected chi connectivity index (χ0v) is 7.81. The van der Waals surface area contributed by atoms with Gasteiger partial charge in [0.05, 0.1) is 6.04 Å². The van der Waals surface area contributed by atoms with Crippen molar-refractivity contribution in [2.45, 2.75) is 26.3 Å². The molecule has 0 aromatic heterocycles. The fourth-order valence-corrected chi connectivity index (χ4v) is 0.904. The molecular weight excluding hydrogens is 156 g/mol. The van der Waals surface area contributed by atoms with Gasteiger partial charge in [-0.3, -0.25) is 9.59 Å². The van der Waals surface area contributed by atoms with Crippen molar-refractivity contribution in [2.75, 3.05) is 13.6 Å². The SMILES string of the molecule is CCNC(=O)C[C@H](NC)C(C)=O. The van der Waals surface area contributed by atoms with Crippen molar-refractivity contribution in [3.63, 3.8) is 0 Å². The third-order valence-electron chi connectivity index (χ3n) is 1.60. The number of likely N-dealkylation sites (N-methyl/N-ethyl adjacent to an activating group) is 1. The van der Waals surface area contributed by atoms with E-state index in [2.05, 4.69) is 10.6 Å². The van der Waals surface area contributed by atoms with Crippen LogP contribution in [-0.4, -0.2) is 31.3 Å². The van der Waals surface area contributed by atoms with E-state index < -0.39 is 0 Å². The molecule has 1 atom stereocenters. The Kier molecular flexibility index (Phi) is 5.28. The molecule has 0 saturated heterocycles. The summed E-state index contributed by atoms with van der Waals surface area (Å²) in [5, 5.41) is 5.41. The maximum atomic E-state index is 11.0. The molecule has 70 valence electrons. The van der Waals surface area contributed by atoms with E-state index in [9.17, 15) is 9.59 Å². The normalized spacial score (nSPS) is 12.2. The lowest BCUT2D eigenvalue weighted by molar-refractivity contribution is -0.126. The van der Waals surface area contributed by atoms with Gasteiger partial charge in [-0.2, -0.15) is 0 Å². The molecule has 0 rings (SSSR count). The van der Waals surface area contributed by atoms with Crippen LogP contribution < -0.4 is 10.6 Å². The molecule has 0 heterocycles. The lowest BCUT2D eigenvalue weighted by Gasteiger charge is -2.11. The van der Waals surface area contributed by atoms with Gasteiger partial charge >= 0.3 is 0 Å². The van der Waals surface area contributed by atoms with Gasteiger partial charge in [-0.1, -0.05) is 0 Å². The van der Waals surface area contributed by atoms with Crippen LogP contribution in [0.25, 0.3) is 0 Å². The largest absolute Gasteiger partial charge is 0.356 e. The third-order valence-corrected chi connectivity index (χ3v) is 1.60. The van der Waals surface area contributed by atoms with Crippen LogP contribution in [0.3, 0.4) is 0 Å². The van der Waals surface area contributed by atoms with Gasteiger partial charge in [-0.25, -0.2) is 0 Å². The lowest BCUT2D eigenvalue weighted by Crippen LogP contribution is -2.38. The maximum absolute atomic E-state index is 11.0. The topological polar surface area (TPSA) is 58.2 Å². The lowest BCUT2D eigenvalue weighted by atomic mass is 10.1. The van der Waals surface area contributed by atoms with Crippen molar-refractivity contribution in [1.82, 2.24) is 10.6 Å². The molecule has 0 unspecified atom stereocenters. The first-order valence-corrected chi connectivity index (χ1v) is 4.06. The van der Waals surface area contributed by atoms with Crippen LogP contribution in [0.5, 0.6) is 0 Å². The van der Waals surface area contributed by atoms with Gasteiger partial charge in [0.1, 0.15) is 5.78 Å². The molecule has 4 heteroatoms. The van der Waals surface area contributed by atoms with Crippen molar-refractivity contribution < 1.29 is 9.59 Å². The third kappa shape index (κ3) is 4.08. The molecule has 0 radical (unpaired) electrons. The van der Waals surface area contributed by atoms with Crippen LogP contribution in [0.1, 0.15) is 20.3 Å². The second-order valence-electron chi connectivity index (χ2n) is 2.61. The molecule has 0 spiro atoms. The number of carbonyl (C=O) groups is 2. The van der Waals surface area contributed by atoms with E-state index in [0.717, 1.165) is 0 Å². The second kappa shape index (κ2) is 5.71. The summed E-state index contributed by atoms with van der Waals surface area (Å²) >= 11 is 0. The van der Waals surface area contributed by atoms with E-state index in [1.807, 2.05) is 6.92 Å². The minimum Gasteiger partial charge on any atom is -0.356 e.